The van der Waals surface area contributed by atoms with Gasteiger partial charge in [-0.15, -0.1) is 0 Å². The summed E-state index contributed by atoms with van der Waals surface area (Å²) in [5.41, 5.74) is 3.32. The van der Waals surface area contributed by atoms with Gasteiger partial charge in [0.15, 0.2) is 5.16 Å². The molecule has 0 bridgehead atoms. The van der Waals surface area contributed by atoms with Gasteiger partial charge in [0.2, 0.25) is 5.95 Å². The van der Waals surface area contributed by atoms with Gasteiger partial charge in [-0.05, 0) is 32.6 Å². The molecule has 0 aromatic carbocycles. The molecule has 2 aromatic heterocycles. The van der Waals surface area contributed by atoms with Crippen LogP contribution in [-0.2, 0) is 0 Å². The van der Waals surface area contributed by atoms with Gasteiger partial charge in [0.25, 0.3) is 0 Å². The van der Waals surface area contributed by atoms with Crippen molar-refractivity contribution in [2.45, 2.75) is 25.9 Å². The number of aromatic nitrogens is 4. The molecular weight excluding hydrogens is 308 g/mol. The van der Waals surface area contributed by atoms with Gasteiger partial charge in [-0.2, -0.15) is 0 Å². The van der Waals surface area contributed by atoms with Crippen LogP contribution in [-0.4, -0.2) is 52.4 Å². The molecule has 7 heteroatoms. The number of piperazine rings is 1. The van der Waals surface area contributed by atoms with Gasteiger partial charge in [-0.3, -0.25) is 0 Å². The minimum Gasteiger partial charge on any atom is -0.353 e. The fraction of sp³-hybridized carbons (Fsp3) is 0.500. The molecule has 23 heavy (non-hydrogen) atoms. The lowest BCUT2D eigenvalue weighted by atomic mass is 10.2. The van der Waals surface area contributed by atoms with E-state index in [1.807, 2.05) is 25.6 Å². The largest absolute Gasteiger partial charge is 0.353 e. The van der Waals surface area contributed by atoms with E-state index in [2.05, 4.69) is 38.6 Å². The van der Waals surface area contributed by atoms with Crippen LogP contribution in [0, 0.1) is 20.8 Å². The van der Waals surface area contributed by atoms with Crippen LogP contribution in [0.4, 0.5) is 11.8 Å². The summed E-state index contributed by atoms with van der Waals surface area (Å²) in [5.74, 6) is 1.88. The summed E-state index contributed by atoms with van der Waals surface area (Å²) in [7, 11) is 0. The number of rotatable bonds is 3. The fourth-order valence-electron chi connectivity index (χ4n) is 2.66. The first-order valence-corrected chi connectivity index (χ1v) is 8.98. The van der Waals surface area contributed by atoms with Crippen LogP contribution < -0.4 is 9.80 Å². The van der Waals surface area contributed by atoms with Crippen LogP contribution in [0.15, 0.2) is 17.6 Å². The zero-order valence-corrected chi connectivity index (χ0v) is 14.9. The van der Waals surface area contributed by atoms with Crippen molar-refractivity contribution in [1.29, 1.82) is 0 Å². The highest BCUT2D eigenvalue weighted by molar-refractivity contribution is 7.98. The lowest BCUT2D eigenvalue weighted by Gasteiger charge is -2.36. The SMILES string of the molecule is CSc1nc(C)c(C)c(N2CCN(c3ncc(C)cn3)CC2)n1. The smallest absolute Gasteiger partial charge is 0.225 e. The second-order valence-electron chi connectivity index (χ2n) is 5.78. The first-order valence-electron chi connectivity index (χ1n) is 7.76. The predicted molar refractivity (Wildman–Crippen MR) is 94.5 cm³/mol. The zero-order chi connectivity index (χ0) is 16.4. The summed E-state index contributed by atoms with van der Waals surface area (Å²) < 4.78 is 0. The molecule has 0 amide bonds. The third-order valence-electron chi connectivity index (χ3n) is 4.15. The molecule has 0 spiro atoms. The topological polar surface area (TPSA) is 58.0 Å². The molecule has 6 nitrogen and oxygen atoms in total. The minimum absolute atomic E-state index is 0.815. The van der Waals surface area contributed by atoms with Crippen molar-refractivity contribution in [2.24, 2.45) is 0 Å². The van der Waals surface area contributed by atoms with Crippen LogP contribution in [0.1, 0.15) is 16.8 Å². The Bertz CT molecular complexity index is 680. The summed E-state index contributed by atoms with van der Waals surface area (Å²) in [6.45, 7) is 9.80. The molecule has 0 aliphatic carbocycles. The Morgan fingerprint density at radius 1 is 0.913 bits per heavy atom. The third kappa shape index (κ3) is 3.39. The number of anilines is 2. The molecule has 3 heterocycles. The lowest BCUT2D eigenvalue weighted by Crippen LogP contribution is -2.47. The summed E-state index contributed by atoms with van der Waals surface area (Å²) >= 11 is 1.59. The average Bonchev–Trinajstić information content (AvgIpc) is 2.58. The molecule has 1 aliphatic rings. The van der Waals surface area contributed by atoms with Crippen molar-refractivity contribution >= 4 is 23.5 Å². The normalized spacial score (nSPS) is 15.1. The van der Waals surface area contributed by atoms with Crippen molar-refractivity contribution in [1.82, 2.24) is 19.9 Å². The highest BCUT2D eigenvalue weighted by Gasteiger charge is 2.22. The zero-order valence-electron chi connectivity index (χ0n) is 14.1. The molecule has 0 saturated carbocycles. The predicted octanol–water partition coefficient (Wildman–Crippen LogP) is 2.24. The summed E-state index contributed by atoms with van der Waals surface area (Å²) in [6, 6.07) is 0. The fourth-order valence-corrected chi connectivity index (χ4v) is 3.06. The van der Waals surface area contributed by atoms with E-state index in [4.69, 9.17) is 4.98 Å². The molecule has 2 aromatic rings. The van der Waals surface area contributed by atoms with Crippen LogP contribution in [0.3, 0.4) is 0 Å². The Morgan fingerprint density at radius 3 is 2.13 bits per heavy atom. The molecule has 0 N–H and O–H groups in total. The van der Waals surface area contributed by atoms with Crippen molar-refractivity contribution in [3.8, 4) is 0 Å². The quantitative estimate of drug-likeness (QED) is 0.632. The van der Waals surface area contributed by atoms with Crippen molar-refractivity contribution in [3.63, 3.8) is 0 Å². The molecule has 1 saturated heterocycles. The molecule has 3 rings (SSSR count). The maximum atomic E-state index is 4.71. The Balaban J connectivity index is 1.74. The molecule has 122 valence electrons. The van der Waals surface area contributed by atoms with Gasteiger partial charge in [-0.1, -0.05) is 11.8 Å². The van der Waals surface area contributed by atoms with Crippen LogP contribution in [0.25, 0.3) is 0 Å². The Morgan fingerprint density at radius 2 is 1.52 bits per heavy atom. The first-order chi connectivity index (χ1) is 11.1. The van der Waals surface area contributed by atoms with Crippen molar-refractivity contribution in [2.75, 3.05) is 42.2 Å². The van der Waals surface area contributed by atoms with Gasteiger partial charge in [0.1, 0.15) is 5.82 Å². The second kappa shape index (κ2) is 6.70. The van der Waals surface area contributed by atoms with E-state index in [0.29, 0.717) is 0 Å². The maximum absolute atomic E-state index is 4.71. The Labute approximate surface area is 141 Å². The van der Waals surface area contributed by atoms with E-state index in [1.54, 1.807) is 11.8 Å². The standard InChI is InChI=1S/C16H22N6S/c1-11-9-17-15(18-10-11)22-7-5-21(6-8-22)14-12(2)13(3)19-16(20-14)23-4/h9-10H,5-8H2,1-4H3. The first kappa shape index (κ1) is 16.0. The summed E-state index contributed by atoms with van der Waals surface area (Å²) in [6.07, 6.45) is 5.76. The molecule has 1 fully saturated rings. The van der Waals surface area contributed by atoms with Gasteiger partial charge in [0, 0.05) is 49.8 Å². The van der Waals surface area contributed by atoms with E-state index in [9.17, 15) is 0 Å². The van der Waals surface area contributed by atoms with E-state index >= 15 is 0 Å². The van der Waals surface area contributed by atoms with Crippen LogP contribution >= 0.6 is 11.8 Å². The van der Waals surface area contributed by atoms with E-state index in [1.165, 1.54) is 5.56 Å². The van der Waals surface area contributed by atoms with E-state index in [-0.39, 0.29) is 0 Å². The van der Waals surface area contributed by atoms with Gasteiger partial charge < -0.3 is 9.80 Å². The van der Waals surface area contributed by atoms with Gasteiger partial charge in [-0.25, -0.2) is 19.9 Å². The number of thioether (sulfide) groups is 1. The van der Waals surface area contributed by atoms with Crippen LogP contribution in [0.2, 0.25) is 0 Å². The highest BCUT2D eigenvalue weighted by atomic mass is 32.2. The Kier molecular flexibility index (Phi) is 4.66. The van der Waals surface area contributed by atoms with Gasteiger partial charge in [0.05, 0.1) is 0 Å². The highest BCUT2D eigenvalue weighted by Crippen LogP contribution is 2.24. The van der Waals surface area contributed by atoms with E-state index < -0.39 is 0 Å². The molecule has 0 radical (unpaired) electrons. The maximum Gasteiger partial charge on any atom is 0.225 e. The summed E-state index contributed by atoms with van der Waals surface area (Å²) in [5, 5.41) is 0.840. The van der Waals surface area contributed by atoms with E-state index in [0.717, 1.165) is 54.4 Å². The molecule has 1 aliphatic heterocycles. The number of hydrogen-bond donors (Lipinski definition) is 0. The van der Waals surface area contributed by atoms with Gasteiger partial charge >= 0.3 is 0 Å². The summed E-state index contributed by atoms with van der Waals surface area (Å²) in [4.78, 5) is 22.6. The third-order valence-corrected chi connectivity index (χ3v) is 4.70. The number of hydrogen-bond acceptors (Lipinski definition) is 7. The average molecular weight is 330 g/mol. The van der Waals surface area contributed by atoms with Crippen LogP contribution in [0.5, 0.6) is 0 Å². The molecular formula is C16H22N6S. The van der Waals surface area contributed by atoms with Crippen molar-refractivity contribution in [3.05, 3.63) is 29.2 Å². The van der Waals surface area contributed by atoms with Crippen molar-refractivity contribution < 1.29 is 0 Å². The molecule has 0 atom stereocenters. The lowest BCUT2D eigenvalue weighted by molar-refractivity contribution is 0.628. The second-order valence-corrected chi connectivity index (χ2v) is 6.55. The number of aryl methyl sites for hydroxylation is 2. The monoisotopic (exact) mass is 330 g/mol. The Hall–Kier alpha value is -1.89. The number of nitrogens with zero attached hydrogens (tertiary/aromatic N) is 6. The minimum atomic E-state index is 0.815. The molecule has 0 unspecified atom stereocenters.